The van der Waals surface area contributed by atoms with E-state index in [4.69, 9.17) is 0 Å². The molecule has 0 fully saturated rings. The standard InChI is InChI=1S/C7H6BF4/c1-2-4(9)6(11)3(8)7(12)5(2)10/h1,8H3/q-1. The van der Waals surface area contributed by atoms with Crippen LogP contribution in [-0.2, 0) is 0 Å². The summed E-state index contributed by atoms with van der Waals surface area (Å²) >= 11 is 0. The molecule has 1 aromatic rings. The second-order valence-electron chi connectivity index (χ2n) is 2.01. The van der Waals surface area contributed by atoms with Crippen LogP contribution < -0.4 is 5.46 Å². The highest BCUT2D eigenvalue weighted by Crippen LogP contribution is 2.15. The van der Waals surface area contributed by atoms with Gasteiger partial charge in [0.2, 0.25) is 0 Å². The maximum Gasteiger partial charge on any atom is 0.161 e. The lowest BCUT2D eigenvalue weighted by Crippen LogP contribution is -2.19. The summed E-state index contributed by atoms with van der Waals surface area (Å²) in [6, 6.07) is 0. The molecule has 0 nitrogen and oxygen atoms in total. The van der Waals surface area contributed by atoms with Gasteiger partial charge in [0.15, 0.2) is 11.6 Å². The van der Waals surface area contributed by atoms with E-state index >= 15 is 0 Å². The van der Waals surface area contributed by atoms with Gasteiger partial charge >= 0.3 is 0 Å². The molecule has 0 unspecified atom stereocenters. The highest BCUT2D eigenvalue weighted by molar-refractivity contribution is 6.32. The highest BCUT2D eigenvalue weighted by Gasteiger charge is 2.16. The molecule has 0 N–H and O–H groups in total. The normalized spacial score (nSPS) is 10.5. The molecule has 0 aliphatic rings. The largest absolute Gasteiger partial charge is 0.207 e. The van der Waals surface area contributed by atoms with E-state index < -0.39 is 36.7 Å². The van der Waals surface area contributed by atoms with Gasteiger partial charge in [0, 0.05) is 5.56 Å². The molecule has 5 heteroatoms. The number of benzene rings is 1. The Labute approximate surface area is 67.6 Å². The fourth-order valence-corrected chi connectivity index (χ4v) is 0.632. The van der Waals surface area contributed by atoms with E-state index in [2.05, 4.69) is 0 Å². The second-order valence-corrected chi connectivity index (χ2v) is 2.01. The van der Waals surface area contributed by atoms with Crippen molar-refractivity contribution < 1.29 is 17.6 Å². The monoisotopic (exact) mass is 177 g/mol. The molecule has 66 valence electrons. The van der Waals surface area contributed by atoms with Gasteiger partial charge in [-0.15, -0.1) is 5.46 Å². The molecule has 0 saturated carbocycles. The van der Waals surface area contributed by atoms with Crippen molar-refractivity contribution in [3.05, 3.63) is 28.8 Å². The van der Waals surface area contributed by atoms with Crippen molar-refractivity contribution >= 4 is 13.3 Å². The molecule has 12 heavy (non-hydrogen) atoms. The number of rotatable bonds is 0. The molecule has 0 aliphatic carbocycles. The zero-order chi connectivity index (χ0) is 9.46. The summed E-state index contributed by atoms with van der Waals surface area (Å²) in [5.41, 5.74) is -0.968. The SMILES string of the molecule is [BH3-]c1c(F)c(F)c(C)c(F)c1F. The first-order valence-corrected chi connectivity index (χ1v) is 2.76. The Morgan fingerprint density at radius 1 is 0.833 bits per heavy atom. The smallest absolute Gasteiger partial charge is 0.161 e. The molecule has 0 amide bonds. The van der Waals surface area contributed by atoms with Crippen LogP contribution in [0.4, 0.5) is 17.6 Å². The van der Waals surface area contributed by atoms with Gasteiger partial charge in [-0.25, -0.2) is 17.6 Å². The van der Waals surface area contributed by atoms with E-state index in [1.807, 2.05) is 0 Å². The van der Waals surface area contributed by atoms with Gasteiger partial charge in [0.05, 0.1) is 0 Å². The maximum absolute atomic E-state index is 12.7. The van der Waals surface area contributed by atoms with E-state index in [0.29, 0.717) is 0 Å². The molecule has 0 spiro atoms. The van der Waals surface area contributed by atoms with E-state index in [1.165, 1.54) is 0 Å². The first kappa shape index (κ1) is 9.10. The average Bonchev–Trinajstić information content (AvgIpc) is 2.08. The summed E-state index contributed by atoms with van der Waals surface area (Å²) < 4.78 is 50.8. The van der Waals surface area contributed by atoms with Gasteiger partial charge in [0.1, 0.15) is 11.6 Å². The Bertz CT molecular complexity index is 230. The minimum Gasteiger partial charge on any atom is -0.207 e. The van der Waals surface area contributed by atoms with Crippen LogP contribution in [0, 0.1) is 30.2 Å². The molecule has 1 aromatic carbocycles. The summed E-state index contributed by atoms with van der Waals surface area (Å²) in [7, 11) is -0.888. The number of halogens is 4. The second kappa shape index (κ2) is 2.81. The fourth-order valence-electron chi connectivity index (χ4n) is 0.632. The maximum atomic E-state index is 12.7. The van der Waals surface area contributed by atoms with Crippen LogP contribution in [0.3, 0.4) is 0 Å². The summed E-state index contributed by atoms with van der Waals surface area (Å²) in [6.07, 6.45) is 0. The summed E-state index contributed by atoms with van der Waals surface area (Å²) in [4.78, 5) is 0. The van der Waals surface area contributed by atoms with Crippen molar-refractivity contribution in [3.8, 4) is 0 Å². The van der Waals surface area contributed by atoms with Crippen LogP contribution in [0.5, 0.6) is 0 Å². The van der Waals surface area contributed by atoms with Gasteiger partial charge in [-0.1, -0.05) is 0 Å². The predicted octanol–water partition coefficient (Wildman–Crippen LogP) is 0.542. The van der Waals surface area contributed by atoms with E-state index in [0.717, 1.165) is 6.92 Å². The van der Waals surface area contributed by atoms with Crippen molar-refractivity contribution in [2.45, 2.75) is 6.92 Å². The van der Waals surface area contributed by atoms with Gasteiger partial charge in [-0.2, -0.15) is 0 Å². The van der Waals surface area contributed by atoms with E-state index in [-0.39, 0.29) is 5.46 Å². The Hall–Kier alpha value is -0.995. The molecular weight excluding hydrogens is 171 g/mol. The van der Waals surface area contributed by atoms with Crippen LogP contribution in [0.25, 0.3) is 0 Å². The van der Waals surface area contributed by atoms with Crippen LogP contribution in [0.1, 0.15) is 5.56 Å². The van der Waals surface area contributed by atoms with Crippen molar-refractivity contribution in [2.75, 3.05) is 0 Å². The first-order valence-electron chi connectivity index (χ1n) is 2.76. The molecule has 0 saturated heterocycles. The van der Waals surface area contributed by atoms with Crippen molar-refractivity contribution in [2.24, 2.45) is 0 Å². The fraction of sp³-hybridized carbons (Fsp3) is 0.143. The van der Waals surface area contributed by atoms with Crippen LogP contribution in [0.15, 0.2) is 0 Å². The summed E-state index contributed by atoms with van der Waals surface area (Å²) in [6.45, 7) is 1.01. The van der Waals surface area contributed by atoms with E-state index in [1.54, 1.807) is 0 Å². The Kier molecular flexibility index (Phi) is 2.13. The molecule has 0 bridgehead atoms. The molecule has 1 rings (SSSR count). The van der Waals surface area contributed by atoms with Crippen LogP contribution in [-0.4, -0.2) is 7.85 Å². The van der Waals surface area contributed by atoms with E-state index in [9.17, 15) is 17.6 Å². The lowest BCUT2D eigenvalue weighted by Gasteiger charge is -2.08. The molecule has 0 atom stereocenters. The number of hydrogen-bond donors (Lipinski definition) is 0. The van der Waals surface area contributed by atoms with Gasteiger partial charge in [-0.3, -0.25) is 0 Å². The minimum atomic E-state index is -1.26. The zero-order valence-electron chi connectivity index (χ0n) is 5.51. The van der Waals surface area contributed by atoms with Crippen molar-refractivity contribution in [1.29, 1.82) is 0 Å². The first-order chi connectivity index (χ1) is 5.46. The summed E-state index contributed by atoms with van der Waals surface area (Å²) in [5.74, 6) is -4.96. The van der Waals surface area contributed by atoms with Crippen molar-refractivity contribution in [3.63, 3.8) is 0 Å². The van der Waals surface area contributed by atoms with Crippen LogP contribution >= 0.6 is 0 Å². The Morgan fingerprint density at radius 2 is 1.17 bits per heavy atom. The van der Waals surface area contributed by atoms with Crippen molar-refractivity contribution in [1.82, 2.24) is 0 Å². The van der Waals surface area contributed by atoms with Crippen LogP contribution in [0.2, 0.25) is 0 Å². The lowest BCUT2D eigenvalue weighted by molar-refractivity contribution is 0.454. The van der Waals surface area contributed by atoms with Gasteiger partial charge in [0.25, 0.3) is 0 Å². The van der Waals surface area contributed by atoms with Gasteiger partial charge in [-0.05, 0) is 14.8 Å². The topological polar surface area (TPSA) is 0 Å². The highest BCUT2D eigenvalue weighted by atomic mass is 19.2. The molecular formula is C7H6BF4-. The zero-order valence-corrected chi connectivity index (χ0v) is 5.51. The third kappa shape index (κ3) is 1.09. The Morgan fingerprint density at radius 3 is 1.50 bits per heavy atom. The summed E-state index contributed by atoms with van der Waals surface area (Å²) in [5, 5.41) is 0. The quantitative estimate of drug-likeness (QED) is 0.308. The lowest BCUT2D eigenvalue weighted by atomic mass is 9.93. The molecule has 0 heterocycles. The van der Waals surface area contributed by atoms with Gasteiger partial charge < -0.3 is 0 Å². The molecule has 0 aliphatic heterocycles. The number of hydrogen-bond acceptors (Lipinski definition) is 0. The molecule has 0 aromatic heterocycles. The average molecular weight is 177 g/mol. The Balaban J connectivity index is 3.60. The third-order valence-corrected chi connectivity index (χ3v) is 1.26. The predicted molar refractivity (Wildman–Crippen MR) is 40.6 cm³/mol. The molecule has 0 radical (unpaired) electrons. The minimum absolute atomic E-state index is 0.379. The third-order valence-electron chi connectivity index (χ3n) is 1.26.